The molecule has 2 aliphatic heterocycles. The normalized spacial score (nSPS) is 28.6. The van der Waals surface area contributed by atoms with Crippen molar-refractivity contribution in [1.29, 1.82) is 0 Å². The summed E-state index contributed by atoms with van der Waals surface area (Å²) >= 11 is 0. The van der Waals surface area contributed by atoms with Gasteiger partial charge in [-0.25, -0.2) is 0 Å². The average Bonchev–Trinajstić information content (AvgIpc) is 2.23. The zero-order chi connectivity index (χ0) is 11.6. The predicted octanol–water partition coefficient (Wildman–Crippen LogP) is -0.652. The lowest BCUT2D eigenvalue weighted by molar-refractivity contribution is -0.148. The van der Waals surface area contributed by atoms with Gasteiger partial charge in [-0.1, -0.05) is 0 Å². The second kappa shape index (κ2) is 4.69. The molecule has 5 heteroatoms. The molecule has 1 amide bonds. The van der Waals surface area contributed by atoms with Crippen LogP contribution in [-0.2, 0) is 9.53 Å². The van der Waals surface area contributed by atoms with Gasteiger partial charge in [0, 0.05) is 26.2 Å². The third-order valence-corrected chi connectivity index (χ3v) is 3.29. The molecule has 2 rings (SSSR count). The Bertz CT molecular complexity index is 266. The smallest absolute Gasteiger partial charge is 0.248 e. The van der Waals surface area contributed by atoms with Crippen molar-refractivity contribution in [1.82, 2.24) is 10.2 Å². The maximum Gasteiger partial charge on any atom is 0.248 e. The maximum atomic E-state index is 11.8. The molecule has 2 aliphatic rings. The highest BCUT2D eigenvalue weighted by atomic mass is 16.5. The number of β-amino-alcohol motifs (C(OH)–C–C–N with tert-alkyl or cyclic N) is 1. The molecule has 1 unspecified atom stereocenters. The molecule has 2 heterocycles. The molecule has 0 saturated carbocycles. The van der Waals surface area contributed by atoms with Gasteiger partial charge in [0.05, 0.1) is 11.7 Å². The first-order chi connectivity index (χ1) is 7.59. The molecule has 0 aromatic heterocycles. The van der Waals surface area contributed by atoms with Crippen LogP contribution < -0.4 is 5.32 Å². The van der Waals surface area contributed by atoms with Crippen LogP contribution in [0.5, 0.6) is 0 Å². The van der Waals surface area contributed by atoms with Gasteiger partial charge in [0.25, 0.3) is 0 Å². The molecule has 0 bridgehead atoms. The van der Waals surface area contributed by atoms with Gasteiger partial charge < -0.3 is 20.1 Å². The summed E-state index contributed by atoms with van der Waals surface area (Å²) in [5.41, 5.74) is -0.177. The lowest BCUT2D eigenvalue weighted by atomic mass is 10.0. The van der Waals surface area contributed by atoms with Crippen molar-refractivity contribution >= 4 is 5.91 Å². The van der Waals surface area contributed by atoms with Crippen LogP contribution in [0, 0.1) is 0 Å². The third kappa shape index (κ3) is 2.72. The molecule has 92 valence electrons. The molecule has 0 aliphatic carbocycles. The van der Waals surface area contributed by atoms with E-state index in [1.807, 2.05) is 6.92 Å². The Kier molecular flexibility index (Phi) is 3.47. The fourth-order valence-corrected chi connectivity index (χ4v) is 2.09. The fraction of sp³-hybridized carbons (Fsp3) is 0.909. The molecule has 0 spiro atoms. The summed E-state index contributed by atoms with van der Waals surface area (Å²) in [6.45, 7) is 4.95. The quantitative estimate of drug-likeness (QED) is 0.674. The molecule has 0 radical (unpaired) electrons. The summed E-state index contributed by atoms with van der Waals surface area (Å²) < 4.78 is 5.58. The minimum Gasteiger partial charge on any atom is -0.391 e. The van der Waals surface area contributed by atoms with Gasteiger partial charge >= 0.3 is 0 Å². The molecule has 1 atom stereocenters. The van der Waals surface area contributed by atoms with Crippen LogP contribution in [0.4, 0.5) is 0 Å². The summed E-state index contributed by atoms with van der Waals surface area (Å²) in [5.74, 6) is -0.00752. The van der Waals surface area contributed by atoms with Crippen molar-refractivity contribution < 1.29 is 14.6 Å². The number of aliphatic hydroxyl groups excluding tert-OH is 1. The van der Waals surface area contributed by atoms with E-state index in [9.17, 15) is 9.90 Å². The lowest BCUT2D eigenvalue weighted by Gasteiger charge is -2.39. The number of hydrogen-bond acceptors (Lipinski definition) is 4. The number of hydrogen-bond donors (Lipinski definition) is 2. The summed E-state index contributed by atoms with van der Waals surface area (Å²) in [6, 6.07) is 0. The van der Waals surface area contributed by atoms with Gasteiger partial charge in [-0.2, -0.15) is 0 Å². The van der Waals surface area contributed by atoms with Crippen LogP contribution in [0.15, 0.2) is 0 Å². The Morgan fingerprint density at radius 1 is 1.62 bits per heavy atom. The highest BCUT2D eigenvalue weighted by Crippen LogP contribution is 2.16. The molecular weight excluding hydrogens is 208 g/mol. The van der Waals surface area contributed by atoms with Crippen LogP contribution in [0.1, 0.15) is 19.8 Å². The van der Waals surface area contributed by atoms with Gasteiger partial charge in [-0.05, 0) is 19.8 Å². The summed E-state index contributed by atoms with van der Waals surface area (Å²) in [4.78, 5) is 13.5. The Balaban J connectivity index is 1.74. The first-order valence-electron chi connectivity index (χ1n) is 5.90. The number of nitrogens with one attached hydrogen (secondary N) is 1. The fourth-order valence-electron chi connectivity index (χ4n) is 2.09. The maximum absolute atomic E-state index is 11.8. The van der Waals surface area contributed by atoms with E-state index in [2.05, 4.69) is 5.32 Å². The lowest BCUT2D eigenvalue weighted by Crippen LogP contribution is -2.60. The van der Waals surface area contributed by atoms with Gasteiger partial charge in [0.1, 0.15) is 6.61 Å². The number of aliphatic hydroxyl groups is 1. The SMILES string of the molecule is CC1(OCC(=O)N2CCCC(O)C2)CNC1. The van der Waals surface area contributed by atoms with Crippen molar-refractivity contribution in [3.05, 3.63) is 0 Å². The molecule has 2 N–H and O–H groups in total. The monoisotopic (exact) mass is 228 g/mol. The Labute approximate surface area is 95.8 Å². The van der Waals surface area contributed by atoms with E-state index in [-0.39, 0.29) is 24.2 Å². The van der Waals surface area contributed by atoms with Gasteiger partial charge in [-0.15, -0.1) is 0 Å². The molecule has 16 heavy (non-hydrogen) atoms. The summed E-state index contributed by atoms with van der Waals surface area (Å²) in [5, 5.41) is 12.6. The van der Waals surface area contributed by atoms with E-state index in [1.54, 1.807) is 4.90 Å². The Morgan fingerprint density at radius 2 is 2.38 bits per heavy atom. The van der Waals surface area contributed by atoms with E-state index < -0.39 is 0 Å². The standard InChI is InChI=1S/C11H20N2O3/c1-11(7-12-8-11)16-6-10(15)13-4-2-3-9(14)5-13/h9,12,14H,2-8H2,1H3. The van der Waals surface area contributed by atoms with Crippen molar-refractivity contribution in [3.8, 4) is 0 Å². The zero-order valence-electron chi connectivity index (χ0n) is 9.74. The highest BCUT2D eigenvalue weighted by Gasteiger charge is 2.34. The minimum absolute atomic E-state index is 0.00752. The predicted molar refractivity (Wildman–Crippen MR) is 59.0 cm³/mol. The van der Waals surface area contributed by atoms with E-state index in [0.29, 0.717) is 6.54 Å². The van der Waals surface area contributed by atoms with Crippen molar-refractivity contribution in [2.45, 2.75) is 31.5 Å². The Morgan fingerprint density at radius 3 is 2.94 bits per heavy atom. The molecule has 0 aromatic rings. The first-order valence-corrected chi connectivity index (χ1v) is 5.90. The van der Waals surface area contributed by atoms with Gasteiger partial charge in [-0.3, -0.25) is 4.79 Å². The van der Waals surface area contributed by atoms with E-state index in [0.717, 1.165) is 32.5 Å². The van der Waals surface area contributed by atoms with E-state index in [1.165, 1.54) is 0 Å². The second-order valence-corrected chi connectivity index (χ2v) is 4.98. The molecule has 5 nitrogen and oxygen atoms in total. The molecule has 0 aromatic carbocycles. The van der Waals surface area contributed by atoms with Crippen molar-refractivity contribution in [2.24, 2.45) is 0 Å². The van der Waals surface area contributed by atoms with Crippen molar-refractivity contribution in [2.75, 3.05) is 32.8 Å². The van der Waals surface area contributed by atoms with Crippen LogP contribution in [0.3, 0.4) is 0 Å². The molecular formula is C11H20N2O3. The number of carbonyl (C=O) groups excluding carboxylic acids is 1. The van der Waals surface area contributed by atoms with E-state index in [4.69, 9.17) is 4.74 Å². The van der Waals surface area contributed by atoms with Crippen LogP contribution in [0.25, 0.3) is 0 Å². The zero-order valence-corrected chi connectivity index (χ0v) is 9.74. The van der Waals surface area contributed by atoms with Crippen LogP contribution >= 0.6 is 0 Å². The number of ether oxygens (including phenoxy) is 1. The number of likely N-dealkylation sites (tertiary alicyclic amines) is 1. The first kappa shape index (κ1) is 11.8. The number of rotatable bonds is 3. The molecule has 2 fully saturated rings. The van der Waals surface area contributed by atoms with Gasteiger partial charge in [0.15, 0.2) is 0 Å². The second-order valence-electron chi connectivity index (χ2n) is 4.98. The highest BCUT2D eigenvalue weighted by molar-refractivity contribution is 5.77. The van der Waals surface area contributed by atoms with Crippen LogP contribution in [-0.4, -0.2) is 60.4 Å². The van der Waals surface area contributed by atoms with Crippen LogP contribution in [0.2, 0.25) is 0 Å². The number of amides is 1. The number of nitrogens with zero attached hydrogens (tertiary/aromatic N) is 1. The summed E-state index contributed by atoms with van der Waals surface area (Å²) in [6.07, 6.45) is 1.32. The van der Waals surface area contributed by atoms with E-state index >= 15 is 0 Å². The van der Waals surface area contributed by atoms with Crippen molar-refractivity contribution in [3.63, 3.8) is 0 Å². The summed E-state index contributed by atoms with van der Waals surface area (Å²) in [7, 11) is 0. The average molecular weight is 228 g/mol. The molecule has 2 saturated heterocycles. The number of carbonyl (C=O) groups is 1. The Hall–Kier alpha value is -0.650. The third-order valence-electron chi connectivity index (χ3n) is 3.29. The number of piperidine rings is 1. The topological polar surface area (TPSA) is 61.8 Å². The van der Waals surface area contributed by atoms with Gasteiger partial charge in [0.2, 0.25) is 5.91 Å². The largest absolute Gasteiger partial charge is 0.391 e. The minimum atomic E-state index is -0.362.